The summed E-state index contributed by atoms with van der Waals surface area (Å²) in [4.78, 5) is 0. The summed E-state index contributed by atoms with van der Waals surface area (Å²) in [5, 5.41) is 7.90. The zero-order chi connectivity index (χ0) is 22.4. The Labute approximate surface area is 185 Å². The molecule has 0 aliphatic carbocycles. The molecule has 30 heavy (non-hydrogen) atoms. The summed E-state index contributed by atoms with van der Waals surface area (Å²) >= 11 is 0. The third kappa shape index (κ3) is 5.80. The van der Waals surface area contributed by atoms with Gasteiger partial charge in [-0.1, -0.05) is 105 Å². The van der Waals surface area contributed by atoms with Crippen molar-refractivity contribution in [1.82, 2.24) is 0 Å². The van der Waals surface area contributed by atoms with Crippen molar-refractivity contribution in [3.8, 4) is 0 Å². The lowest BCUT2D eigenvalue weighted by molar-refractivity contribution is 0.690. The van der Waals surface area contributed by atoms with Crippen LogP contribution in [-0.2, 0) is 0 Å². The van der Waals surface area contributed by atoms with Crippen molar-refractivity contribution in [2.24, 2.45) is 0 Å². The fourth-order valence-electron chi connectivity index (χ4n) is 4.25. The van der Waals surface area contributed by atoms with Gasteiger partial charge in [-0.15, -0.1) is 0 Å². The van der Waals surface area contributed by atoms with Crippen LogP contribution in [0.4, 0.5) is 11.4 Å². The quantitative estimate of drug-likeness (QED) is 0.384. The van der Waals surface area contributed by atoms with Gasteiger partial charge in [0.25, 0.3) is 0 Å². The average Bonchev–Trinajstić information content (AvgIpc) is 2.67. The van der Waals surface area contributed by atoms with E-state index in [2.05, 4.69) is 109 Å². The van der Waals surface area contributed by atoms with Gasteiger partial charge in [0.1, 0.15) is 0 Å². The van der Waals surface area contributed by atoms with Crippen LogP contribution in [-0.4, -0.2) is 6.17 Å². The van der Waals surface area contributed by atoms with E-state index < -0.39 is 0 Å². The highest BCUT2D eigenvalue weighted by atomic mass is 15.1. The Kier molecular flexibility index (Phi) is 8.82. The maximum Gasteiger partial charge on any atom is 0.0963 e. The molecule has 0 fully saturated rings. The van der Waals surface area contributed by atoms with Crippen LogP contribution in [0.2, 0.25) is 0 Å². The number of hydrogen-bond donors (Lipinski definition) is 2. The zero-order valence-corrected chi connectivity index (χ0v) is 20.8. The third-order valence-electron chi connectivity index (χ3n) is 5.96. The van der Waals surface area contributed by atoms with Crippen LogP contribution >= 0.6 is 0 Å². The Bertz CT molecular complexity index is 684. The van der Waals surface area contributed by atoms with Gasteiger partial charge in [-0.25, -0.2) is 0 Å². The van der Waals surface area contributed by atoms with E-state index in [-0.39, 0.29) is 6.17 Å². The highest BCUT2D eigenvalue weighted by Gasteiger charge is 2.20. The van der Waals surface area contributed by atoms with Crippen molar-refractivity contribution in [3.05, 3.63) is 58.7 Å². The second-order valence-corrected chi connectivity index (χ2v) is 9.87. The Hall–Kier alpha value is -1.96. The van der Waals surface area contributed by atoms with E-state index in [1.54, 1.807) is 0 Å². The van der Waals surface area contributed by atoms with Gasteiger partial charge in [0, 0.05) is 11.4 Å². The SMILES string of the molecule is CCCC(Nc1c(C(C)C)cccc1C(C)C)Nc1c(C(C)C)cccc1C(C)C. The minimum Gasteiger partial charge on any atom is -0.365 e. The van der Waals surface area contributed by atoms with Crippen LogP contribution in [0.25, 0.3) is 0 Å². The van der Waals surface area contributed by atoms with Gasteiger partial charge in [-0.2, -0.15) is 0 Å². The van der Waals surface area contributed by atoms with Crippen molar-refractivity contribution in [1.29, 1.82) is 0 Å². The van der Waals surface area contributed by atoms with Gasteiger partial charge in [0.2, 0.25) is 0 Å². The van der Waals surface area contributed by atoms with Crippen LogP contribution in [0.3, 0.4) is 0 Å². The third-order valence-corrected chi connectivity index (χ3v) is 5.96. The van der Waals surface area contributed by atoms with Crippen molar-refractivity contribution >= 4 is 11.4 Å². The van der Waals surface area contributed by atoms with E-state index in [0.717, 1.165) is 12.8 Å². The average molecular weight is 409 g/mol. The number of para-hydroxylation sites is 2. The molecule has 2 heteroatoms. The predicted molar refractivity (Wildman–Crippen MR) is 135 cm³/mol. The minimum atomic E-state index is 0.199. The fourth-order valence-corrected chi connectivity index (χ4v) is 4.25. The number of anilines is 2. The van der Waals surface area contributed by atoms with Gasteiger partial charge in [0.05, 0.1) is 6.17 Å². The van der Waals surface area contributed by atoms with Gasteiger partial charge in [-0.05, 0) is 52.3 Å². The van der Waals surface area contributed by atoms with Gasteiger partial charge in [-0.3, -0.25) is 0 Å². The molecule has 2 aromatic carbocycles. The zero-order valence-electron chi connectivity index (χ0n) is 20.8. The van der Waals surface area contributed by atoms with E-state index in [0.29, 0.717) is 23.7 Å². The van der Waals surface area contributed by atoms with E-state index in [1.807, 2.05) is 0 Å². The molecular formula is C28H44N2. The molecule has 0 radical (unpaired) electrons. The second kappa shape index (κ2) is 10.9. The lowest BCUT2D eigenvalue weighted by atomic mass is 9.91. The topological polar surface area (TPSA) is 24.1 Å². The van der Waals surface area contributed by atoms with Crippen molar-refractivity contribution < 1.29 is 0 Å². The maximum atomic E-state index is 3.95. The first-order valence-electron chi connectivity index (χ1n) is 12.0. The summed E-state index contributed by atoms with van der Waals surface area (Å²) in [5.41, 5.74) is 8.27. The summed E-state index contributed by atoms with van der Waals surface area (Å²) in [6.07, 6.45) is 2.41. The van der Waals surface area contributed by atoms with Gasteiger partial charge < -0.3 is 10.6 Å². The maximum absolute atomic E-state index is 3.95. The smallest absolute Gasteiger partial charge is 0.0963 e. The van der Waals surface area contributed by atoms with Crippen molar-refractivity contribution in [2.75, 3.05) is 10.6 Å². The highest BCUT2D eigenvalue weighted by molar-refractivity contribution is 5.64. The lowest BCUT2D eigenvalue weighted by Gasteiger charge is -2.30. The highest BCUT2D eigenvalue weighted by Crippen LogP contribution is 2.36. The molecular weight excluding hydrogens is 364 g/mol. The molecule has 0 amide bonds. The monoisotopic (exact) mass is 408 g/mol. The van der Waals surface area contributed by atoms with Crippen molar-refractivity contribution in [2.45, 2.75) is 105 Å². The predicted octanol–water partition coefficient (Wildman–Crippen LogP) is 8.83. The molecule has 0 aliphatic rings. The van der Waals surface area contributed by atoms with E-state index in [9.17, 15) is 0 Å². The Balaban J connectivity index is 2.50. The van der Waals surface area contributed by atoms with Crippen LogP contribution in [0.15, 0.2) is 36.4 Å². The lowest BCUT2D eigenvalue weighted by Crippen LogP contribution is -2.31. The Morgan fingerprint density at radius 3 is 1.10 bits per heavy atom. The first-order chi connectivity index (χ1) is 14.2. The van der Waals surface area contributed by atoms with E-state index in [1.165, 1.54) is 33.6 Å². The molecule has 0 bridgehead atoms. The molecule has 0 aromatic heterocycles. The van der Waals surface area contributed by atoms with Crippen LogP contribution < -0.4 is 10.6 Å². The summed E-state index contributed by atoms with van der Waals surface area (Å²) in [6.45, 7) is 20.6. The fraction of sp³-hybridized carbons (Fsp3) is 0.571. The number of benzene rings is 2. The molecule has 0 unspecified atom stereocenters. The summed E-state index contributed by atoms with van der Waals surface area (Å²) in [5.74, 6) is 1.95. The number of hydrogen-bond acceptors (Lipinski definition) is 2. The first kappa shape index (κ1) is 24.3. The van der Waals surface area contributed by atoms with Crippen LogP contribution in [0.1, 0.15) is 121 Å². The normalized spacial score (nSPS) is 11.9. The molecule has 0 aliphatic heterocycles. The molecule has 0 spiro atoms. The van der Waals surface area contributed by atoms with E-state index >= 15 is 0 Å². The largest absolute Gasteiger partial charge is 0.365 e. The molecule has 2 N–H and O–H groups in total. The number of nitrogens with one attached hydrogen (secondary N) is 2. The van der Waals surface area contributed by atoms with Crippen molar-refractivity contribution in [3.63, 3.8) is 0 Å². The Morgan fingerprint density at radius 2 is 0.867 bits per heavy atom. The summed E-state index contributed by atoms with van der Waals surface area (Å²) in [7, 11) is 0. The van der Waals surface area contributed by atoms with E-state index in [4.69, 9.17) is 0 Å². The molecule has 2 aromatic rings. The molecule has 0 heterocycles. The molecule has 2 nitrogen and oxygen atoms in total. The summed E-state index contributed by atoms with van der Waals surface area (Å²) in [6, 6.07) is 13.5. The second-order valence-electron chi connectivity index (χ2n) is 9.87. The molecule has 0 atom stereocenters. The molecule has 166 valence electrons. The first-order valence-corrected chi connectivity index (χ1v) is 12.0. The minimum absolute atomic E-state index is 0.199. The number of rotatable bonds is 10. The van der Waals surface area contributed by atoms with Gasteiger partial charge >= 0.3 is 0 Å². The van der Waals surface area contributed by atoms with Gasteiger partial charge in [0.15, 0.2) is 0 Å². The van der Waals surface area contributed by atoms with Crippen LogP contribution in [0.5, 0.6) is 0 Å². The van der Waals surface area contributed by atoms with Crippen LogP contribution in [0, 0.1) is 0 Å². The standard InChI is InChI=1S/C28H44N2/c1-10-13-26(29-27-22(18(2)3)14-11-15-23(27)19(4)5)30-28-24(20(6)7)16-12-17-25(28)21(8)9/h11-12,14-21,26,29-30H,10,13H2,1-9H3. The molecule has 0 saturated carbocycles. The molecule has 2 rings (SSSR count). The molecule has 0 saturated heterocycles. The Morgan fingerprint density at radius 1 is 0.567 bits per heavy atom. The summed E-state index contributed by atoms with van der Waals surface area (Å²) < 4.78 is 0.